The summed E-state index contributed by atoms with van der Waals surface area (Å²) in [5, 5.41) is 6.30. The summed E-state index contributed by atoms with van der Waals surface area (Å²) in [4.78, 5) is 11.3. The smallest absolute Gasteiger partial charge is 0.221 e. The predicted octanol–water partition coefficient (Wildman–Crippen LogP) is 0.234. The van der Waals surface area contributed by atoms with E-state index in [1.165, 1.54) is 0 Å². The fourth-order valence-electron chi connectivity index (χ4n) is 1.24. The summed E-state index contributed by atoms with van der Waals surface area (Å²) in [5.74, 6) is -0.0326. The third-order valence-corrected chi connectivity index (χ3v) is 2.04. The van der Waals surface area contributed by atoms with E-state index in [2.05, 4.69) is 17.2 Å². The van der Waals surface area contributed by atoms with Gasteiger partial charge in [0, 0.05) is 24.0 Å². The Morgan fingerprint density at radius 2 is 2.50 bits per heavy atom. The summed E-state index contributed by atoms with van der Waals surface area (Å²) in [6.45, 7) is 5.93. The molecule has 2 N–H and O–H groups in total. The number of amides is 1. The van der Waals surface area contributed by atoms with Crippen molar-refractivity contribution in [2.75, 3.05) is 26.3 Å². The number of halogens is 1. The molecule has 80 valence electrons. The van der Waals surface area contributed by atoms with Crippen molar-refractivity contribution in [2.24, 2.45) is 0 Å². The van der Waals surface area contributed by atoms with Gasteiger partial charge in [0.2, 0.25) is 5.91 Å². The van der Waals surface area contributed by atoms with Gasteiger partial charge >= 0.3 is 0 Å². The van der Waals surface area contributed by atoms with Crippen molar-refractivity contribution in [3.8, 4) is 0 Å². The molecule has 1 rings (SSSR count). The number of morpholine rings is 1. The Kier molecular flexibility index (Phi) is 4.93. The minimum Gasteiger partial charge on any atom is -0.378 e. The third kappa shape index (κ3) is 4.60. The molecule has 1 aliphatic rings. The molecular weight excluding hydrogens is 204 g/mol. The second-order valence-corrected chi connectivity index (χ2v) is 3.76. The summed E-state index contributed by atoms with van der Waals surface area (Å²) in [5.41, 5.74) is 0. The third-order valence-electron chi connectivity index (χ3n) is 1.91. The molecule has 1 unspecified atom stereocenters. The predicted molar refractivity (Wildman–Crippen MR) is 55.2 cm³/mol. The molecule has 0 saturated carbocycles. The Morgan fingerprint density at radius 3 is 3.07 bits per heavy atom. The van der Waals surface area contributed by atoms with Crippen LogP contribution in [0.1, 0.15) is 6.42 Å². The van der Waals surface area contributed by atoms with E-state index < -0.39 is 0 Å². The van der Waals surface area contributed by atoms with Crippen LogP contribution in [0.2, 0.25) is 0 Å². The van der Waals surface area contributed by atoms with Gasteiger partial charge in [-0.15, -0.1) is 0 Å². The molecule has 1 saturated heterocycles. The van der Waals surface area contributed by atoms with E-state index in [1.807, 2.05) is 0 Å². The summed E-state index contributed by atoms with van der Waals surface area (Å²) in [6, 6.07) is 0.118. The number of nitrogens with one attached hydrogen (secondary N) is 2. The maximum atomic E-state index is 11.3. The van der Waals surface area contributed by atoms with Gasteiger partial charge in [0.15, 0.2) is 0 Å². The average Bonchev–Trinajstić information content (AvgIpc) is 2.16. The zero-order valence-electron chi connectivity index (χ0n) is 8.01. The Balaban J connectivity index is 2.15. The van der Waals surface area contributed by atoms with Gasteiger partial charge in [-0.05, 0) is 0 Å². The van der Waals surface area contributed by atoms with Crippen LogP contribution < -0.4 is 10.6 Å². The van der Waals surface area contributed by atoms with Crippen LogP contribution in [0.3, 0.4) is 0 Å². The van der Waals surface area contributed by atoms with Crippen molar-refractivity contribution in [3.63, 3.8) is 0 Å². The van der Waals surface area contributed by atoms with Crippen LogP contribution in [0.25, 0.3) is 0 Å². The lowest BCUT2D eigenvalue weighted by atomic mass is 10.2. The largest absolute Gasteiger partial charge is 0.378 e. The fourth-order valence-corrected chi connectivity index (χ4v) is 1.31. The second-order valence-electron chi connectivity index (χ2n) is 3.22. The van der Waals surface area contributed by atoms with Crippen molar-refractivity contribution >= 4 is 17.5 Å². The summed E-state index contributed by atoms with van der Waals surface area (Å²) in [7, 11) is 0. The van der Waals surface area contributed by atoms with Crippen molar-refractivity contribution < 1.29 is 9.53 Å². The molecule has 1 amide bonds. The fraction of sp³-hybridized carbons (Fsp3) is 0.667. The van der Waals surface area contributed by atoms with Crippen LogP contribution in [0.5, 0.6) is 0 Å². The molecular formula is C9H15ClN2O2. The van der Waals surface area contributed by atoms with E-state index in [4.69, 9.17) is 16.3 Å². The normalized spacial score (nSPS) is 21.6. The molecule has 0 radical (unpaired) electrons. The minimum absolute atomic E-state index is 0.0326. The maximum Gasteiger partial charge on any atom is 0.221 e. The first kappa shape index (κ1) is 11.5. The van der Waals surface area contributed by atoms with Crippen LogP contribution in [-0.4, -0.2) is 38.3 Å². The number of rotatable bonds is 4. The Bertz CT molecular complexity index is 215. The standard InChI is InChI=1S/C9H15ClN2O2/c1-7(10)5-12-9(13)4-8-6-14-3-2-11-8/h8,11H,1-6H2,(H,12,13). The van der Waals surface area contributed by atoms with Gasteiger partial charge in [0.25, 0.3) is 0 Å². The van der Waals surface area contributed by atoms with Crippen molar-refractivity contribution in [2.45, 2.75) is 12.5 Å². The van der Waals surface area contributed by atoms with Crippen LogP contribution in [0.4, 0.5) is 0 Å². The molecule has 0 spiro atoms. The first-order valence-electron chi connectivity index (χ1n) is 4.59. The van der Waals surface area contributed by atoms with Crippen LogP contribution in [0.15, 0.2) is 11.6 Å². The Morgan fingerprint density at radius 1 is 1.71 bits per heavy atom. The van der Waals surface area contributed by atoms with E-state index in [0.717, 1.165) is 13.2 Å². The molecule has 0 aromatic carbocycles. The van der Waals surface area contributed by atoms with Crippen molar-refractivity contribution in [1.82, 2.24) is 10.6 Å². The van der Waals surface area contributed by atoms with E-state index in [-0.39, 0.29) is 11.9 Å². The number of ether oxygens (including phenoxy) is 1. The Labute approximate surface area is 88.6 Å². The highest BCUT2D eigenvalue weighted by Gasteiger charge is 2.16. The first-order valence-corrected chi connectivity index (χ1v) is 4.97. The Hall–Kier alpha value is -0.580. The highest BCUT2D eigenvalue weighted by atomic mass is 35.5. The van der Waals surface area contributed by atoms with Gasteiger partial charge in [0.05, 0.1) is 19.8 Å². The van der Waals surface area contributed by atoms with Gasteiger partial charge in [-0.1, -0.05) is 18.2 Å². The van der Waals surface area contributed by atoms with E-state index in [1.54, 1.807) is 0 Å². The van der Waals surface area contributed by atoms with Crippen LogP contribution >= 0.6 is 11.6 Å². The molecule has 1 fully saturated rings. The molecule has 0 aromatic rings. The van der Waals surface area contributed by atoms with Crippen molar-refractivity contribution in [1.29, 1.82) is 0 Å². The van der Waals surface area contributed by atoms with Crippen molar-refractivity contribution in [3.05, 3.63) is 11.6 Å². The molecule has 14 heavy (non-hydrogen) atoms. The molecule has 4 nitrogen and oxygen atoms in total. The van der Waals surface area contributed by atoms with Gasteiger partial charge in [-0.25, -0.2) is 0 Å². The summed E-state index contributed by atoms with van der Waals surface area (Å²) < 4.78 is 5.22. The van der Waals surface area contributed by atoms with Crippen LogP contribution in [-0.2, 0) is 9.53 Å². The van der Waals surface area contributed by atoms with E-state index in [9.17, 15) is 4.79 Å². The molecule has 1 aliphatic heterocycles. The van der Waals surface area contributed by atoms with Gasteiger partial charge in [0.1, 0.15) is 0 Å². The maximum absolute atomic E-state index is 11.3. The van der Waals surface area contributed by atoms with E-state index >= 15 is 0 Å². The lowest BCUT2D eigenvalue weighted by Crippen LogP contribution is -2.44. The molecule has 0 aromatic heterocycles. The zero-order valence-corrected chi connectivity index (χ0v) is 8.77. The quantitative estimate of drug-likeness (QED) is 0.711. The lowest BCUT2D eigenvalue weighted by molar-refractivity contribution is -0.122. The monoisotopic (exact) mass is 218 g/mol. The number of carbonyl (C=O) groups excluding carboxylic acids is 1. The molecule has 1 atom stereocenters. The van der Waals surface area contributed by atoms with E-state index in [0.29, 0.717) is 24.6 Å². The first-order chi connectivity index (χ1) is 6.68. The molecule has 1 heterocycles. The molecule has 5 heteroatoms. The topological polar surface area (TPSA) is 50.4 Å². The number of carbonyl (C=O) groups is 1. The molecule has 0 bridgehead atoms. The summed E-state index contributed by atoms with van der Waals surface area (Å²) >= 11 is 5.52. The average molecular weight is 219 g/mol. The van der Waals surface area contributed by atoms with Gasteiger partial charge in [-0.3, -0.25) is 4.79 Å². The lowest BCUT2D eigenvalue weighted by Gasteiger charge is -2.23. The highest BCUT2D eigenvalue weighted by molar-refractivity contribution is 6.29. The minimum atomic E-state index is -0.0326. The zero-order chi connectivity index (χ0) is 10.4. The number of hydrogen-bond donors (Lipinski definition) is 2. The second kappa shape index (κ2) is 6.01. The van der Waals surface area contributed by atoms with Gasteiger partial charge < -0.3 is 15.4 Å². The summed E-state index contributed by atoms with van der Waals surface area (Å²) in [6.07, 6.45) is 0.421. The number of hydrogen-bond acceptors (Lipinski definition) is 3. The van der Waals surface area contributed by atoms with Crippen LogP contribution in [0, 0.1) is 0 Å². The SMILES string of the molecule is C=C(Cl)CNC(=O)CC1COCCN1. The van der Waals surface area contributed by atoms with Gasteiger partial charge in [-0.2, -0.15) is 0 Å². The molecule has 0 aliphatic carbocycles. The highest BCUT2D eigenvalue weighted by Crippen LogP contribution is 1.99.